The normalized spacial score (nSPS) is 10.4. The zero-order valence-electron chi connectivity index (χ0n) is 17.1. The largest absolute Gasteiger partial charge is 0.338 e. The first-order valence-electron chi connectivity index (χ1n) is 10.0. The van der Waals surface area contributed by atoms with Gasteiger partial charge in [-0.25, -0.2) is 0 Å². The molecule has 3 aromatic rings. The van der Waals surface area contributed by atoms with Gasteiger partial charge in [0.05, 0.1) is 5.75 Å². The molecular weight excluding hydrogens is 392 g/mol. The standard InChI is InChI=1S/C25H26N2O2S/c1-2-27(17-20-9-5-3-6-10-20)24(28)19-30-18-21-13-15-22(16-14-21)25(29)26-23-11-7-4-8-12-23/h3-16H,2,17-19H2,1H3,(H,26,29). The summed E-state index contributed by atoms with van der Waals surface area (Å²) < 4.78 is 0. The van der Waals surface area contributed by atoms with Crippen LogP contribution in [0.3, 0.4) is 0 Å². The van der Waals surface area contributed by atoms with E-state index >= 15 is 0 Å². The van der Waals surface area contributed by atoms with Crippen LogP contribution in [0, 0.1) is 0 Å². The van der Waals surface area contributed by atoms with E-state index in [0.29, 0.717) is 24.4 Å². The van der Waals surface area contributed by atoms with E-state index < -0.39 is 0 Å². The Hall–Kier alpha value is -3.05. The summed E-state index contributed by atoms with van der Waals surface area (Å²) in [4.78, 5) is 26.7. The van der Waals surface area contributed by atoms with E-state index in [2.05, 4.69) is 5.32 Å². The minimum absolute atomic E-state index is 0.130. The molecule has 0 atom stereocenters. The number of carbonyl (C=O) groups excluding carboxylic acids is 2. The first-order chi connectivity index (χ1) is 14.7. The predicted octanol–water partition coefficient (Wildman–Crippen LogP) is 5.22. The van der Waals surface area contributed by atoms with Crippen LogP contribution in [-0.4, -0.2) is 29.0 Å². The minimum Gasteiger partial charge on any atom is -0.338 e. The Morgan fingerprint density at radius 3 is 2.10 bits per heavy atom. The molecule has 5 heteroatoms. The third-order valence-electron chi connectivity index (χ3n) is 4.69. The van der Waals surface area contributed by atoms with Crippen LogP contribution in [0.1, 0.15) is 28.4 Å². The molecule has 0 saturated carbocycles. The van der Waals surface area contributed by atoms with Crippen molar-refractivity contribution in [3.05, 3.63) is 102 Å². The van der Waals surface area contributed by atoms with Crippen LogP contribution in [-0.2, 0) is 17.1 Å². The molecular formula is C25H26N2O2S. The molecule has 3 rings (SSSR count). The van der Waals surface area contributed by atoms with E-state index in [0.717, 1.165) is 22.6 Å². The van der Waals surface area contributed by atoms with Crippen molar-refractivity contribution in [1.82, 2.24) is 4.90 Å². The van der Waals surface area contributed by atoms with Gasteiger partial charge in [-0.3, -0.25) is 9.59 Å². The van der Waals surface area contributed by atoms with Gasteiger partial charge < -0.3 is 10.2 Å². The maximum Gasteiger partial charge on any atom is 0.255 e. The number of hydrogen-bond acceptors (Lipinski definition) is 3. The molecule has 3 aromatic carbocycles. The SMILES string of the molecule is CCN(Cc1ccccc1)C(=O)CSCc1ccc(C(=O)Nc2ccccc2)cc1. The second kappa shape index (κ2) is 11.2. The smallest absolute Gasteiger partial charge is 0.255 e. The summed E-state index contributed by atoms with van der Waals surface area (Å²) in [5.41, 5.74) is 3.62. The van der Waals surface area contributed by atoms with Crippen molar-refractivity contribution in [3.8, 4) is 0 Å². The second-order valence-corrected chi connectivity index (χ2v) is 7.89. The fourth-order valence-corrected chi connectivity index (χ4v) is 3.89. The third-order valence-corrected chi connectivity index (χ3v) is 5.68. The number of amides is 2. The summed E-state index contributed by atoms with van der Waals surface area (Å²) in [7, 11) is 0. The number of hydrogen-bond donors (Lipinski definition) is 1. The van der Waals surface area contributed by atoms with Gasteiger partial charge in [0.25, 0.3) is 5.91 Å². The Labute approximate surface area is 182 Å². The van der Waals surface area contributed by atoms with Gasteiger partial charge in [-0.05, 0) is 42.3 Å². The fourth-order valence-electron chi connectivity index (χ4n) is 3.00. The third kappa shape index (κ3) is 6.49. The highest BCUT2D eigenvalue weighted by Crippen LogP contribution is 2.16. The Kier molecular flexibility index (Phi) is 8.10. The van der Waals surface area contributed by atoms with Crippen LogP contribution in [0.2, 0.25) is 0 Å². The van der Waals surface area contributed by atoms with Crippen LogP contribution >= 0.6 is 11.8 Å². The summed E-state index contributed by atoms with van der Waals surface area (Å²) in [5, 5.41) is 2.88. The van der Waals surface area contributed by atoms with Gasteiger partial charge in [0.1, 0.15) is 0 Å². The maximum atomic E-state index is 12.5. The van der Waals surface area contributed by atoms with Gasteiger partial charge in [-0.2, -0.15) is 0 Å². The Morgan fingerprint density at radius 1 is 0.833 bits per heavy atom. The summed E-state index contributed by atoms with van der Waals surface area (Å²) in [6.45, 7) is 3.34. The second-order valence-electron chi connectivity index (χ2n) is 6.90. The molecule has 4 nitrogen and oxygen atoms in total. The highest BCUT2D eigenvalue weighted by atomic mass is 32.2. The molecule has 0 aromatic heterocycles. The number of para-hydroxylation sites is 1. The quantitative estimate of drug-likeness (QED) is 0.518. The minimum atomic E-state index is -0.130. The van der Waals surface area contributed by atoms with E-state index in [4.69, 9.17) is 0 Å². The summed E-state index contributed by atoms with van der Waals surface area (Å²) >= 11 is 1.59. The molecule has 0 spiro atoms. The number of anilines is 1. The lowest BCUT2D eigenvalue weighted by Crippen LogP contribution is -2.31. The van der Waals surface area contributed by atoms with Crippen molar-refractivity contribution in [1.29, 1.82) is 0 Å². The molecule has 0 aliphatic heterocycles. The molecule has 0 radical (unpaired) electrons. The average Bonchev–Trinajstić information content (AvgIpc) is 2.79. The predicted molar refractivity (Wildman–Crippen MR) is 125 cm³/mol. The molecule has 0 fully saturated rings. The molecule has 1 N–H and O–H groups in total. The molecule has 0 unspecified atom stereocenters. The van der Waals surface area contributed by atoms with Crippen molar-refractivity contribution in [2.24, 2.45) is 0 Å². The van der Waals surface area contributed by atoms with Gasteiger partial charge in [0.2, 0.25) is 5.91 Å². The van der Waals surface area contributed by atoms with Gasteiger partial charge in [-0.15, -0.1) is 11.8 Å². The van der Waals surface area contributed by atoms with Crippen LogP contribution < -0.4 is 5.32 Å². The van der Waals surface area contributed by atoms with Crippen molar-refractivity contribution < 1.29 is 9.59 Å². The van der Waals surface area contributed by atoms with E-state index in [1.54, 1.807) is 11.8 Å². The van der Waals surface area contributed by atoms with Crippen LogP contribution in [0.25, 0.3) is 0 Å². The zero-order chi connectivity index (χ0) is 21.2. The topological polar surface area (TPSA) is 49.4 Å². The van der Waals surface area contributed by atoms with Gasteiger partial charge >= 0.3 is 0 Å². The lowest BCUT2D eigenvalue weighted by atomic mass is 10.1. The number of rotatable bonds is 9. The van der Waals surface area contributed by atoms with Crippen molar-refractivity contribution in [2.75, 3.05) is 17.6 Å². The zero-order valence-corrected chi connectivity index (χ0v) is 17.9. The lowest BCUT2D eigenvalue weighted by molar-refractivity contribution is -0.128. The maximum absolute atomic E-state index is 12.5. The highest BCUT2D eigenvalue weighted by molar-refractivity contribution is 7.99. The molecule has 0 saturated heterocycles. The fraction of sp³-hybridized carbons (Fsp3) is 0.200. The molecule has 0 bridgehead atoms. The van der Waals surface area contributed by atoms with Crippen molar-refractivity contribution in [2.45, 2.75) is 19.2 Å². The van der Waals surface area contributed by atoms with Crippen LogP contribution in [0.5, 0.6) is 0 Å². The Morgan fingerprint density at radius 2 is 1.47 bits per heavy atom. The number of thioether (sulfide) groups is 1. The molecule has 154 valence electrons. The highest BCUT2D eigenvalue weighted by Gasteiger charge is 2.12. The monoisotopic (exact) mass is 418 g/mol. The van der Waals surface area contributed by atoms with E-state index in [1.807, 2.05) is 96.8 Å². The van der Waals surface area contributed by atoms with E-state index in [9.17, 15) is 9.59 Å². The van der Waals surface area contributed by atoms with Gasteiger partial charge in [0.15, 0.2) is 0 Å². The summed E-state index contributed by atoms with van der Waals surface area (Å²) in [5.74, 6) is 1.19. The summed E-state index contributed by atoms with van der Waals surface area (Å²) in [6, 6.07) is 27.0. The average molecular weight is 419 g/mol. The number of benzene rings is 3. The molecule has 2 amide bonds. The Balaban J connectivity index is 1.46. The molecule has 0 heterocycles. The first-order valence-corrected chi connectivity index (χ1v) is 11.2. The number of nitrogens with zero attached hydrogens (tertiary/aromatic N) is 1. The van der Waals surface area contributed by atoms with Gasteiger partial charge in [-0.1, -0.05) is 60.7 Å². The number of nitrogens with one attached hydrogen (secondary N) is 1. The van der Waals surface area contributed by atoms with Crippen molar-refractivity contribution in [3.63, 3.8) is 0 Å². The molecule has 30 heavy (non-hydrogen) atoms. The molecule has 0 aliphatic rings. The van der Waals surface area contributed by atoms with E-state index in [-0.39, 0.29) is 11.8 Å². The van der Waals surface area contributed by atoms with E-state index in [1.165, 1.54) is 0 Å². The van der Waals surface area contributed by atoms with Crippen molar-refractivity contribution >= 4 is 29.3 Å². The molecule has 0 aliphatic carbocycles. The summed E-state index contributed by atoms with van der Waals surface area (Å²) in [6.07, 6.45) is 0. The first kappa shape index (κ1) is 21.7. The number of carbonyl (C=O) groups is 2. The van der Waals surface area contributed by atoms with Crippen LogP contribution in [0.15, 0.2) is 84.9 Å². The van der Waals surface area contributed by atoms with Crippen LogP contribution in [0.4, 0.5) is 5.69 Å². The lowest BCUT2D eigenvalue weighted by Gasteiger charge is -2.21. The Bertz CT molecular complexity index is 944. The van der Waals surface area contributed by atoms with Gasteiger partial charge in [0, 0.05) is 30.1 Å².